The number of nitrogens with zero attached hydrogens (tertiary/aromatic N) is 2. The molecule has 1 unspecified atom stereocenters. The van der Waals surface area contributed by atoms with Crippen molar-refractivity contribution in [1.29, 1.82) is 5.26 Å². The molecule has 0 radical (unpaired) electrons. The van der Waals surface area contributed by atoms with E-state index in [1.807, 2.05) is 13.0 Å². The Kier molecular flexibility index (Phi) is 5.05. The molecule has 1 aromatic heterocycles. The zero-order chi connectivity index (χ0) is 13.1. The van der Waals surface area contributed by atoms with Crippen molar-refractivity contribution in [2.24, 2.45) is 0 Å². The van der Waals surface area contributed by atoms with Gasteiger partial charge >= 0.3 is 0 Å². The van der Waals surface area contributed by atoms with E-state index in [2.05, 4.69) is 10.4 Å². The fourth-order valence-corrected chi connectivity index (χ4v) is 4.48. The molecule has 18 heavy (non-hydrogen) atoms. The average molecular weight is 335 g/mol. The van der Waals surface area contributed by atoms with Crippen LogP contribution in [0.5, 0.6) is 0 Å². The Balaban J connectivity index is 2.16. The molecule has 0 aliphatic carbocycles. The highest BCUT2D eigenvalue weighted by molar-refractivity contribution is 8.06. The Hall–Kier alpha value is -0.120. The first kappa shape index (κ1) is 14.3. The predicted molar refractivity (Wildman–Crippen MR) is 83.0 cm³/mol. The molecule has 0 aliphatic rings. The van der Waals surface area contributed by atoms with Crippen LogP contribution < -0.4 is 0 Å². The highest BCUT2D eigenvalue weighted by atomic mass is 35.5. The van der Waals surface area contributed by atoms with Gasteiger partial charge in [-0.25, -0.2) is 4.98 Å². The van der Waals surface area contributed by atoms with Crippen LogP contribution in [0.2, 0.25) is 10.0 Å². The molecular formula is C11H8Cl2N2S3. The number of aromatic nitrogens is 1. The van der Waals surface area contributed by atoms with E-state index < -0.39 is 0 Å². The third-order valence-electron chi connectivity index (χ3n) is 2.09. The van der Waals surface area contributed by atoms with Gasteiger partial charge in [0.2, 0.25) is 0 Å². The lowest BCUT2D eigenvalue weighted by Gasteiger charge is -2.02. The first-order chi connectivity index (χ1) is 8.60. The first-order valence-electron chi connectivity index (χ1n) is 5.03. The van der Waals surface area contributed by atoms with Crippen LogP contribution in [0.3, 0.4) is 0 Å². The molecule has 1 atom stereocenters. The van der Waals surface area contributed by atoms with E-state index in [4.69, 9.17) is 28.5 Å². The Labute approximate surface area is 128 Å². The van der Waals surface area contributed by atoms with Gasteiger partial charge < -0.3 is 0 Å². The van der Waals surface area contributed by atoms with E-state index in [0.29, 0.717) is 10.0 Å². The van der Waals surface area contributed by atoms with Crippen molar-refractivity contribution < 1.29 is 0 Å². The van der Waals surface area contributed by atoms with Crippen LogP contribution in [0.4, 0.5) is 0 Å². The number of halogens is 2. The molecule has 2 aromatic rings. The van der Waals surface area contributed by atoms with Gasteiger partial charge in [-0.3, -0.25) is 0 Å². The largest absolute Gasteiger partial charge is 0.230 e. The lowest BCUT2D eigenvalue weighted by molar-refractivity contribution is 1.13. The summed E-state index contributed by atoms with van der Waals surface area (Å²) in [6.07, 6.45) is 0. The lowest BCUT2D eigenvalue weighted by atomic mass is 10.3. The summed E-state index contributed by atoms with van der Waals surface area (Å²) in [5.74, 6) is 0.851. The summed E-state index contributed by atoms with van der Waals surface area (Å²) < 4.78 is 1.92. The summed E-state index contributed by atoms with van der Waals surface area (Å²) in [7, 11) is 0. The molecule has 2 nitrogen and oxygen atoms in total. The van der Waals surface area contributed by atoms with Gasteiger partial charge in [0.25, 0.3) is 0 Å². The zero-order valence-corrected chi connectivity index (χ0v) is 13.3. The first-order valence-corrected chi connectivity index (χ1v) is 8.47. The van der Waals surface area contributed by atoms with Gasteiger partial charge in [-0.1, -0.05) is 41.9 Å². The van der Waals surface area contributed by atoms with Crippen LogP contribution in [-0.4, -0.2) is 16.0 Å². The van der Waals surface area contributed by atoms with Crippen molar-refractivity contribution in [3.05, 3.63) is 22.2 Å². The number of thiazole rings is 1. The maximum absolute atomic E-state index is 8.57. The van der Waals surface area contributed by atoms with Crippen LogP contribution in [0.15, 0.2) is 16.5 Å². The second kappa shape index (κ2) is 6.36. The number of fused-ring (bicyclic) bond motifs is 1. The molecule has 0 saturated heterocycles. The van der Waals surface area contributed by atoms with Gasteiger partial charge in [-0.2, -0.15) is 5.26 Å². The maximum Gasteiger partial charge on any atom is 0.151 e. The number of thioether (sulfide) groups is 2. The predicted octanol–water partition coefficient (Wildman–Crippen LogP) is 5.30. The number of hydrogen-bond acceptors (Lipinski definition) is 5. The molecule has 0 aliphatic heterocycles. The number of benzene rings is 1. The average Bonchev–Trinajstić information content (AvgIpc) is 2.70. The maximum atomic E-state index is 8.57. The molecule has 2 rings (SSSR count). The fourth-order valence-electron chi connectivity index (χ4n) is 1.31. The van der Waals surface area contributed by atoms with Crippen molar-refractivity contribution in [2.75, 3.05) is 5.75 Å². The molecule has 0 saturated carbocycles. The molecule has 0 N–H and O–H groups in total. The van der Waals surface area contributed by atoms with Gasteiger partial charge in [0.1, 0.15) is 5.40 Å². The van der Waals surface area contributed by atoms with Crippen molar-refractivity contribution in [3.8, 4) is 5.40 Å². The van der Waals surface area contributed by atoms with Crippen LogP contribution in [0.1, 0.15) is 6.92 Å². The molecule has 0 spiro atoms. The SMILES string of the molecule is CC(CSc1nc2cc(Cl)cc(Cl)c2s1)SC#N. The van der Waals surface area contributed by atoms with Crippen molar-refractivity contribution in [1.82, 2.24) is 4.98 Å². The third-order valence-corrected chi connectivity index (χ3v) is 6.11. The second-order valence-electron chi connectivity index (χ2n) is 3.55. The van der Waals surface area contributed by atoms with Crippen LogP contribution in [0.25, 0.3) is 10.2 Å². The number of rotatable bonds is 4. The summed E-state index contributed by atoms with van der Waals surface area (Å²) in [6.45, 7) is 2.03. The van der Waals surface area contributed by atoms with E-state index in [1.165, 1.54) is 11.8 Å². The highest BCUT2D eigenvalue weighted by Gasteiger charge is 2.11. The highest BCUT2D eigenvalue weighted by Crippen LogP contribution is 2.36. The minimum Gasteiger partial charge on any atom is -0.230 e. The van der Waals surface area contributed by atoms with E-state index in [9.17, 15) is 0 Å². The summed E-state index contributed by atoms with van der Waals surface area (Å²) in [6, 6.07) is 3.54. The topological polar surface area (TPSA) is 36.7 Å². The van der Waals surface area contributed by atoms with Crippen LogP contribution in [-0.2, 0) is 0 Å². The number of nitriles is 1. The van der Waals surface area contributed by atoms with Crippen molar-refractivity contribution in [3.63, 3.8) is 0 Å². The summed E-state index contributed by atoms with van der Waals surface area (Å²) in [5.41, 5.74) is 0.834. The zero-order valence-electron chi connectivity index (χ0n) is 9.31. The van der Waals surface area contributed by atoms with E-state index >= 15 is 0 Å². The minimum absolute atomic E-state index is 0.283. The molecule has 0 fully saturated rings. The van der Waals surface area contributed by atoms with E-state index in [1.54, 1.807) is 29.2 Å². The second-order valence-corrected chi connectivity index (χ2v) is 7.88. The quantitative estimate of drug-likeness (QED) is 0.561. The standard InChI is InChI=1S/C11H8Cl2N2S3/c1-6(17-5-14)4-16-11-15-9-3-7(12)2-8(13)10(9)18-11/h2-3,6H,4H2,1H3. The third kappa shape index (κ3) is 3.46. The fraction of sp³-hybridized carbons (Fsp3) is 0.273. The molecule has 94 valence electrons. The molecule has 7 heteroatoms. The summed E-state index contributed by atoms with van der Waals surface area (Å²) in [5, 5.41) is 12.2. The normalized spacial score (nSPS) is 12.6. The van der Waals surface area contributed by atoms with Gasteiger partial charge in [0, 0.05) is 16.0 Å². The summed E-state index contributed by atoms with van der Waals surface area (Å²) >= 11 is 16.5. The monoisotopic (exact) mass is 334 g/mol. The Morgan fingerprint density at radius 2 is 2.28 bits per heavy atom. The molecule has 1 aromatic carbocycles. The molecule has 0 amide bonds. The van der Waals surface area contributed by atoms with Crippen molar-refractivity contribution in [2.45, 2.75) is 16.5 Å². The van der Waals surface area contributed by atoms with E-state index in [0.717, 1.165) is 20.3 Å². The van der Waals surface area contributed by atoms with E-state index in [-0.39, 0.29) is 5.25 Å². The molecular weight excluding hydrogens is 327 g/mol. The van der Waals surface area contributed by atoms with Gasteiger partial charge in [-0.05, 0) is 23.9 Å². The minimum atomic E-state index is 0.283. The Morgan fingerprint density at radius 3 is 3.00 bits per heavy atom. The van der Waals surface area contributed by atoms with Crippen LogP contribution >= 0.6 is 58.1 Å². The van der Waals surface area contributed by atoms with Gasteiger partial charge in [0.05, 0.1) is 15.2 Å². The Morgan fingerprint density at radius 1 is 1.50 bits per heavy atom. The summed E-state index contributed by atoms with van der Waals surface area (Å²) in [4.78, 5) is 4.49. The van der Waals surface area contributed by atoms with Crippen molar-refractivity contribution >= 4 is 68.3 Å². The van der Waals surface area contributed by atoms with Gasteiger partial charge in [0.15, 0.2) is 4.34 Å². The molecule has 1 heterocycles. The molecule has 0 bridgehead atoms. The number of thiocyanates is 1. The lowest BCUT2D eigenvalue weighted by Crippen LogP contribution is -1.97. The Bertz CT molecular complexity index is 606. The van der Waals surface area contributed by atoms with Gasteiger partial charge in [-0.15, -0.1) is 11.3 Å². The smallest absolute Gasteiger partial charge is 0.151 e. The van der Waals surface area contributed by atoms with Crippen LogP contribution in [0, 0.1) is 10.7 Å². The number of hydrogen-bond donors (Lipinski definition) is 0.